The molecule has 0 bridgehead atoms. The number of carboxylic acids is 1. The van der Waals surface area contributed by atoms with Gasteiger partial charge >= 0.3 is 5.97 Å². The van der Waals surface area contributed by atoms with Crippen LogP contribution in [0.1, 0.15) is 35.5 Å². The Labute approximate surface area is 130 Å². The number of aryl methyl sites for hydroxylation is 1. The maximum absolute atomic E-state index is 14.1. The van der Waals surface area contributed by atoms with E-state index in [0.29, 0.717) is 16.1 Å². The van der Waals surface area contributed by atoms with Crippen LogP contribution in [0.2, 0.25) is 10.0 Å². The summed E-state index contributed by atoms with van der Waals surface area (Å²) in [5, 5.41) is 13.7. The summed E-state index contributed by atoms with van der Waals surface area (Å²) in [5.74, 6) is -1.69. The number of aromatic nitrogens is 1. The highest BCUT2D eigenvalue weighted by atomic mass is 35.5. The molecule has 0 fully saturated rings. The Bertz CT molecular complexity index is 696. The van der Waals surface area contributed by atoms with E-state index in [4.69, 9.17) is 27.7 Å². The molecule has 1 heterocycles. The first-order chi connectivity index (χ1) is 9.62. The third kappa shape index (κ3) is 2.89. The zero-order valence-electron chi connectivity index (χ0n) is 11.5. The molecule has 0 aliphatic rings. The number of carbonyl (C=O) groups is 1. The Morgan fingerprint density at radius 2 is 2.00 bits per heavy atom. The van der Waals surface area contributed by atoms with Crippen molar-refractivity contribution in [2.24, 2.45) is 0 Å². The van der Waals surface area contributed by atoms with E-state index in [1.165, 1.54) is 19.9 Å². The highest BCUT2D eigenvalue weighted by molar-refractivity contribution is 6.36. The number of hydrogen-bond donors (Lipinski definition) is 1. The van der Waals surface area contributed by atoms with E-state index in [2.05, 4.69) is 5.16 Å². The van der Waals surface area contributed by atoms with Crippen molar-refractivity contribution in [3.05, 3.63) is 39.1 Å². The fourth-order valence-corrected chi connectivity index (χ4v) is 2.75. The lowest BCUT2D eigenvalue weighted by atomic mass is 9.97. The Hall–Kier alpha value is -1.59. The van der Waals surface area contributed by atoms with Gasteiger partial charge in [-0.2, -0.15) is 0 Å². The number of alkyl halides is 1. The van der Waals surface area contributed by atoms with Crippen molar-refractivity contribution in [2.75, 3.05) is 0 Å². The van der Waals surface area contributed by atoms with Crippen molar-refractivity contribution < 1.29 is 18.8 Å². The summed E-state index contributed by atoms with van der Waals surface area (Å²) in [5.41, 5.74) is -1.35. The van der Waals surface area contributed by atoms with Gasteiger partial charge in [-0.05, 0) is 38.5 Å². The van der Waals surface area contributed by atoms with Gasteiger partial charge in [0.05, 0.1) is 5.02 Å². The molecule has 0 amide bonds. The molecule has 1 aromatic heterocycles. The number of carboxylic acid groups (broad SMARTS) is 1. The van der Waals surface area contributed by atoms with Gasteiger partial charge in [-0.25, -0.2) is 9.18 Å². The van der Waals surface area contributed by atoms with Gasteiger partial charge < -0.3 is 9.63 Å². The third-order valence-electron chi connectivity index (χ3n) is 2.93. The highest BCUT2D eigenvalue weighted by Crippen LogP contribution is 2.39. The minimum absolute atomic E-state index is 0.0117. The first-order valence-electron chi connectivity index (χ1n) is 6.01. The largest absolute Gasteiger partial charge is 0.477 e. The van der Waals surface area contributed by atoms with Crippen LogP contribution >= 0.6 is 23.2 Å². The van der Waals surface area contributed by atoms with Crippen LogP contribution < -0.4 is 0 Å². The first kappa shape index (κ1) is 15.8. The molecule has 0 radical (unpaired) electrons. The molecule has 112 valence electrons. The average molecular weight is 332 g/mol. The Morgan fingerprint density at radius 1 is 1.38 bits per heavy atom. The summed E-state index contributed by atoms with van der Waals surface area (Å²) in [6, 6.07) is 3.08. The van der Waals surface area contributed by atoms with E-state index in [1.54, 1.807) is 13.0 Å². The fourth-order valence-electron chi connectivity index (χ4n) is 2.07. The van der Waals surface area contributed by atoms with Gasteiger partial charge in [0.2, 0.25) is 0 Å². The van der Waals surface area contributed by atoms with Crippen LogP contribution in [0.15, 0.2) is 16.7 Å². The molecule has 0 aliphatic heterocycles. The predicted molar refractivity (Wildman–Crippen MR) is 77.8 cm³/mol. The van der Waals surface area contributed by atoms with Crippen molar-refractivity contribution in [1.82, 2.24) is 5.16 Å². The summed E-state index contributed by atoms with van der Waals surface area (Å²) >= 11 is 12.0. The van der Waals surface area contributed by atoms with Crippen molar-refractivity contribution >= 4 is 29.2 Å². The summed E-state index contributed by atoms with van der Waals surface area (Å²) < 4.78 is 19.0. The van der Waals surface area contributed by atoms with E-state index in [1.807, 2.05) is 0 Å². The van der Waals surface area contributed by atoms with Crippen LogP contribution in [-0.2, 0) is 5.67 Å². The minimum Gasteiger partial charge on any atom is -0.477 e. The Morgan fingerprint density at radius 3 is 2.48 bits per heavy atom. The minimum atomic E-state index is -1.98. The van der Waals surface area contributed by atoms with Crippen molar-refractivity contribution in [3.63, 3.8) is 0 Å². The summed E-state index contributed by atoms with van der Waals surface area (Å²) in [4.78, 5) is 11.5. The van der Waals surface area contributed by atoms with E-state index in [0.717, 1.165) is 0 Å². The first-order valence-corrected chi connectivity index (χ1v) is 6.77. The Kier molecular flexibility index (Phi) is 4.00. The number of halogens is 3. The SMILES string of the molecule is Cc1cc(Cl)cc(Cl)c1-c1noc(C(C)(C)F)c1C(=O)O. The van der Waals surface area contributed by atoms with E-state index in [-0.39, 0.29) is 22.0 Å². The molecule has 0 spiro atoms. The van der Waals surface area contributed by atoms with Gasteiger partial charge in [0.25, 0.3) is 0 Å². The number of aromatic carboxylic acids is 1. The predicted octanol–water partition coefficient (Wildman–Crippen LogP) is 4.86. The molecule has 21 heavy (non-hydrogen) atoms. The maximum atomic E-state index is 14.1. The average Bonchev–Trinajstić information content (AvgIpc) is 2.71. The van der Waals surface area contributed by atoms with Gasteiger partial charge in [-0.15, -0.1) is 0 Å². The van der Waals surface area contributed by atoms with Gasteiger partial charge in [-0.3, -0.25) is 0 Å². The molecule has 0 aliphatic carbocycles. The lowest BCUT2D eigenvalue weighted by Gasteiger charge is -2.11. The standard InChI is InChI=1S/C14H12Cl2FNO3/c1-6-4-7(15)5-8(16)9(6)11-10(13(19)20)12(21-18-11)14(2,3)17/h4-5H,1-3H3,(H,19,20). The second-order valence-electron chi connectivity index (χ2n) is 5.09. The molecule has 1 aromatic carbocycles. The highest BCUT2D eigenvalue weighted by Gasteiger charge is 2.35. The topological polar surface area (TPSA) is 63.3 Å². The van der Waals surface area contributed by atoms with E-state index >= 15 is 0 Å². The second kappa shape index (κ2) is 5.31. The van der Waals surface area contributed by atoms with Gasteiger partial charge in [0, 0.05) is 10.6 Å². The molecular weight excluding hydrogens is 320 g/mol. The number of rotatable bonds is 3. The summed E-state index contributed by atoms with van der Waals surface area (Å²) in [6.45, 7) is 4.09. The lowest BCUT2D eigenvalue weighted by Crippen LogP contribution is -2.13. The normalized spacial score (nSPS) is 11.7. The van der Waals surface area contributed by atoms with Gasteiger partial charge in [0.1, 0.15) is 11.3 Å². The van der Waals surface area contributed by atoms with Gasteiger partial charge in [0.15, 0.2) is 11.4 Å². The summed E-state index contributed by atoms with van der Waals surface area (Å²) in [7, 11) is 0. The number of nitrogens with zero attached hydrogens (tertiary/aromatic N) is 1. The van der Waals surface area contributed by atoms with E-state index < -0.39 is 11.6 Å². The zero-order valence-corrected chi connectivity index (χ0v) is 13.0. The fraction of sp³-hybridized carbons (Fsp3) is 0.286. The van der Waals surface area contributed by atoms with Crippen LogP contribution in [0.3, 0.4) is 0 Å². The smallest absolute Gasteiger partial charge is 0.341 e. The third-order valence-corrected chi connectivity index (χ3v) is 3.45. The second-order valence-corrected chi connectivity index (χ2v) is 5.94. The quantitative estimate of drug-likeness (QED) is 0.872. The van der Waals surface area contributed by atoms with Crippen LogP contribution in [0.5, 0.6) is 0 Å². The van der Waals surface area contributed by atoms with Crippen molar-refractivity contribution in [1.29, 1.82) is 0 Å². The maximum Gasteiger partial charge on any atom is 0.341 e. The van der Waals surface area contributed by atoms with Crippen LogP contribution in [0, 0.1) is 6.92 Å². The summed E-state index contributed by atoms with van der Waals surface area (Å²) in [6.07, 6.45) is 0. The monoisotopic (exact) mass is 331 g/mol. The molecular formula is C14H12Cl2FNO3. The van der Waals surface area contributed by atoms with Crippen LogP contribution in [0.25, 0.3) is 11.3 Å². The van der Waals surface area contributed by atoms with Crippen molar-refractivity contribution in [3.8, 4) is 11.3 Å². The van der Waals surface area contributed by atoms with Crippen LogP contribution in [-0.4, -0.2) is 16.2 Å². The molecule has 0 unspecified atom stereocenters. The molecule has 1 N–H and O–H groups in total. The molecule has 0 saturated carbocycles. The number of hydrogen-bond acceptors (Lipinski definition) is 3. The number of benzene rings is 1. The van der Waals surface area contributed by atoms with E-state index in [9.17, 15) is 14.3 Å². The molecule has 0 saturated heterocycles. The van der Waals surface area contributed by atoms with Crippen LogP contribution in [0.4, 0.5) is 4.39 Å². The zero-order chi connectivity index (χ0) is 15.9. The molecule has 2 aromatic rings. The molecule has 4 nitrogen and oxygen atoms in total. The van der Waals surface area contributed by atoms with Gasteiger partial charge in [-0.1, -0.05) is 28.4 Å². The van der Waals surface area contributed by atoms with Crippen molar-refractivity contribution in [2.45, 2.75) is 26.4 Å². The molecule has 7 heteroatoms. The lowest BCUT2D eigenvalue weighted by molar-refractivity contribution is 0.0683. The molecule has 2 rings (SSSR count). The molecule has 0 atom stereocenters. The Balaban J connectivity index is 2.78.